The van der Waals surface area contributed by atoms with Crippen LogP contribution in [0.1, 0.15) is 33.1 Å². The van der Waals surface area contributed by atoms with E-state index >= 15 is 0 Å². The Morgan fingerprint density at radius 3 is 2.73 bits per heavy atom. The van der Waals surface area contributed by atoms with Crippen molar-refractivity contribution in [3.8, 4) is 0 Å². The molecule has 1 heteroatoms. The quantitative estimate of drug-likeness (QED) is 0.582. The van der Waals surface area contributed by atoms with Gasteiger partial charge in [-0.15, -0.1) is 0 Å². The SMILES string of the molecule is CC(C)C1CCC2CCSC21. The molecule has 0 spiro atoms. The molecule has 64 valence electrons. The molecule has 3 atom stereocenters. The Bertz CT molecular complexity index is 142. The van der Waals surface area contributed by atoms with Gasteiger partial charge in [-0.2, -0.15) is 11.8 Å². The van der Waals surface area contributed by atoms with Crippen molar-refractivity contribution in [1.29, 1.82) is 0 Å². The van der Waals surface area contributed by atoms with E-state index in [1.54, 1.807) is 0 Å². The Morgan fingerprint density at radius 1 is 1.18 bits per heavy atom. The Morgan fingerprint density at radius 2 is 2.00 bits per heavy atom. The number of hydrogen-bond donors (Lipinski definition) is 0. The monoisotopic (exact) mass is 170 g/mol. The van der Waals surface area contributed by atoms with Crippen LogP contribution < -0.4 is 0 Å². The summed E-state index contributed by atoms with van der Waals surface area (Å²) in [4.78, 5) is 0. The zero-order valence-electron chi connectivity index (χ0n) is 7.55. The fourth-order valence-electron chi connectivity index (χ4n) is 2.72. The summed E-state index contributed by atoms with van der Waals surface area (Å²) in [6.45, 7) is 4.79. The largest absolute Gasteiger partial charge is 0.158 e. The first-order chi connectivity index (χ1) is 5.29. The molecular formula is C10H18S. The van der Waals surface area contributed by atoms with Crippen molar-refractivity contribution in [2.45, 2.75) is 38.4 Å². The molecule has 0 aromatic heterocycles. The van der Waals surface area contributed by atoms with Crippen LogP contribution in [0, 0.1) is 17.8 Å². The summed E-state index contributed by atoms with van der Waals surface area (Å²) < 4.78 is 0. The van der Waals surface area contributed by atoms with Crippen molar-refractivity contribution >= 4 is 11.8 Å². The molecule has 0 amide bonds. The van der Waals surface area contributed by atoms with Gasteiger partial charge in [0.15, 0.2) is 0 Å². The fraction of sp³-hybridized carbons (Fsp3) is 1.00. The summed E-state index contributed by atoms with van der Waals surface area (Å²) >= 11 is 2.25. The van der Waals surface area contributed by atoms with Crippen molar-refractivity contribution in [3.63, 3.8) is 0 Å². The highest BCUT2D eigenvalue weighted by Gasteiger charge is 2.40. The number of fused-ring (bicyclic) bond motifs is 1. The maximum Gasteiger partial charge on any atom is 0.0106 e. The average molecular weight is 170 g/mol. The Labute approximate surface area is 74.1 Å². The van der Waals surface area contributed by atoms with Gasteiger partial charge in [0.1, 0.15) is 0 Å². The highest BCUT2D eigenvalue weighted by Crippen LogP contribution is 2.49. The number of rotatable bonds is 1. The van der Waals surface area contributed by atoms with Crippen LogP contribution in [0.3, 0.4) is 0 Å². The third-order valence-corrected chi connectivity index (χ3v) is 5.00. The summed E-state index contributed by atoms with van der Waals surface area (Å²) in [7, 11) is 0. The zero-order valence-corrected chi connectivity index (χ0v) is 8.36. The molecule has 1 aliphatic heterocycles. The molecule has 0 radical (unpaired) electrons. The van der Waals surface area contributed by atoms with Crippen molar-refractivity contribution in [2.24, 2.45) is 17.8 Å². The molecule has 0 aromatic carbocycles. The average Bonchev–Trinajstić information content (AvgIpc) is 2.41. The Balaban J connectivity index is 2.03. The van der Waals surface area contributed by atoms with Gasteiger partial charge in [0.2, 0.25) is 0 Å². The van der Waals surface area contributed by atoms with Crippen LogP contribution in [0.5, 0.6) is 0 Å². The maximum absolute atomic E-state index is 2.39. The predicted molar refractivity (Wildman–Crippen MR) is 51.9 cm³/mol. The molecule has 0 nitrogen and oxygen atoms in total. The molecule has 2 fully saturated rings. The van der Waals surface area contributed by atoms with E-state index in [2.05, 4.69) is 25.6 Å². The van der Waals surface area contributed by atoms with Crippen LogP contribution in [0.25, 0.3) is 0 Å². The van der Waals surface area contributed by atoms with Gasteiger partial charge in [-0.05, 0) is 42.8 Å². The minimum absolute atomic E-state index is 0.926. The molecule has 11 heavy (non-hydrogen) atoms. The van der Waals surface area contributed by atoms with Crippen LogP contribution in [0.4, 0.5) is 0 Å². The van der Waals surface area contributed by atoms with Crippen LogP contribution in [0.2, 0.25) is 0 Å². The van der Waals surface area contributed by atoms with Gasteiger partial charge in [-0.25, -0.2) is 0 Å². The minimum atomic E-state index is 0.926. The van der Waals surface area contributed by atoms with Gasteiger partial charge in [0.25, 0.3) is 0 Å². The lowest BCUT2D eigenvalue weighted by molar-refractivity contribution is 0.394. The summed E-state index contributed by atoms with van der Waals surface area (Å²) in [5.41, 5.74) is 0. The predicted octanol–water partition coefficient (Wildman–Crippen LogP) is 3.17. The van der Waals surface area contributed by atoms with E-state index in [4.69, 9.17) is 0 Å². The van der Waals surface area contributed by atoms with Gasteiger partial charge in [0.05, 0.1) is 0 Å². The molecule has 0 bridgehead atoms. The zero-order chi connectivity index (χ0) is 7.84. The van der Waals surface area contributed by atoms with E-state index in [1.165, 1.54) is 25.0 Å². The lowest BCUT2D eigenvalue weighted by Crippen LogP contribution is -2.17. The first kappa shape index (κ1) is 7.97. The number of thioether (sulfide) groups is 1. The highest BCUT2D eigenvalue weighted by molar-refractivity contribution is 8.00. The van der Waals surface area contributed by atoms with Crippen LogP contribution in [0.15, 0.2) is 0 Å². The van der Waals surface area contributed by atoms with Crippen molar-refractivity contribution in [2.75, 3.05) is 5.75 Å². The minimum Gasteiger partial charge on any atom is -0.158 e. The second-order valence-corrected chi connectivity index (χ2v) is 5.66. The lowest BCUT2D eigenvalue weighted by Gasteiger charge is -2.21. The fourth-order valence-corrected chi connectivity index (χ4v) is 4.67. The van der Waals surface area contributed by atoms with E-state index in [0.29, 0.717) is 0 Å². The van der Waals surface area contributed by atoms with Gasteiger partial charge in [-0.1, -0.05) is 13.8 Å². The molecular weight excluding hydrogens is 152 g/mol. The van der Waals surface area contributed by atoms with Crippen LogP contribution in [-0.4, -0.2) is 11.0 Å². The summed E-state index contributed by atoms with van der Waals surface area (Å²) in [6, 6.07) is 0. The normalized spacial score (nSPS) is 43.4. The maximum atomic E-state index is 2.39. The third kappa shape index (κ3) is 1.32. The molecule has 1 saturated heterocycles. The first-order valence-electron chi connectivity index (χ1n) is 4.90. The Kier molecular flexibility index (Phi) is 2.18. The van der Waals surface area contributed by atoms with Gasteiger partial charge in [0, 0.05) is 5.25 Å². The van der Waals surface area contributed by atoms with Crippen molar-refractivity contribution in [1.82, 2.24) is 0 Å². The van der Waals surface area contributed by atoms with E-state index in [-0.39, 0.29) is 0 Å². The highest BCUT2D eigenvalue weighted by atomic mass is 32.2. The topological polar surface area (TPSA) is 0 Å². The smallest absolute Gasteiger partial charge is 0.0106 e. The van der Waals surface area contributed by atoms with Crippen LogP contribution >= 0.6 is 11.8 Å². The standard InChI is InChI=1S/C10H18S/c1-7(2)9-4-3-8-5-6-11-10(8)9/h7-10H,3-6H2,1-2H3. The van der Waals surface area contributed by atoms with Gasteiger partial charge < -0.3 is 0 Å². The van der Waals surface area contributed by atoms with Gasteiger partial charge in [-0.3, -0.25) is 0 Å². The second kappa shape index (κ2) is 3.01. The van der Waals surface area contributed by atoms with E-state index < -0.39 is 0 Å². The third-order valence-electron chi connectivity index (χ3n) is 3.41. The molecule has 1 saturated carbocycles. The van der Waals surface area contributed by atoms with E-state index in [1.807, 2.05) is 0 Å². The molecule has 0 aromatic rings. The molecule has 2 rings (SSSR count). The molecule has 1 heterocycles. The summed E-state index contributed by atoms with van der Waals surface area (Å²) in [5.74, 6) is 4.52. The van der Waals surface area contributed by atoms with Crippen LogP contribution in [-0.2, 0) is 0 Å². The Hall–Kier alpha value is 0.350. The van der Waals surface area contributed by atoms with Crippen molar-refractivity contribution < 1.29 is 0 Å². The molecule has 2 aliphatic rings. The number of hydrogen-bond acceptors (Lipinski definition) is 1. The molecule has 3 unspecified atom stereocenters. The molecule has 1 aliphatic carbocycles. The lowest BCUT2D eigenvalue weighted by atomic mass is 9.92. The summed E-state index contributed by atoms with van der Waals surface area (Å²) in [6.07, 6.45) is 4.55. The van der Waals surface area contributed by atoms with E-state index in [9.17, 15) is 0 Å². The van der Waals surface area contributed by atoms with Crippen molar-refractivity contribution in [3.05, 3.63) is 0 Å². The first-order valence-corrected chi connectivity index (χ1v) is 5.95. The van der Waals surface area contributed by atoms with Gasteiger partial charge >= 0.3 is 0 Å². The second-order valence-electron chi connectivity index (χ2n) is 4.37. The molecule has 0 N–H and O–H groups in total. The summed E-state index contributed by atoms with van der Waals surface area (Å²) in [5, 5.41) is 1.05. The van der Waals surface area contributed by atoms with E-state index in [0.717, 1.165) is 23.0 Å².